The summed E-state index contributed by atoms with van der Waals surface area (Å²) in [5.74, 6) is -0.540. The molecule has 9 nitrogen and oxygen atoms in total. The molecule has 1 fully saturated rings. The van der Waals surface area contributed by atoms with E-state index >= 15 is 0 Å². The lowest BCUT2D eigenvalue weighted by Crippen LogP contribution is -2.36. The van der Waals surface area contributed by atoms with E-state index in [2.05, 4.69) is 19.2 Å². The number of nitrogens with one attached hydrogen (secondary N) is 1. The summed E-state index contributed by atoms with van der Waals surface area (Å²) in [6.07, 6.45) is 2.96. The molecule has 30 heavy (non-hydrogen) atoms. The van der Waals surface area contributed by atoms with Gasteiger partial charge in [0.25, 0.3) is 11.6 Å². The average Bonchev–Trinajstić information content (AvgIpc) is 2.71. The van der Waals surface area contributed by atoms with Gasteiger partial charge < -0.3 is 19.7 Å². The van der Waals surface area contributed by atoms with E-state index < -0.39 is 17.5 Å². The van der Waals surface area contributed by atoms with Gasteiger partial charge in [0, 0.05) is 25.2 Å². The third kappa shape index (κ3) is 7.29. The van der Waals surface area contributed by atoms with Crippen molar-refractivity contribution < 1.29 is 24.0 Å². The predicted octanol–water partition coefficient (Wildman–Crippen LogP) is 2.92. The number of hydrogen-bond donors (Lipinski definition) is 1. The van der Waals surface area contributed by atoms with E-state index in [-0.39, 0.29) is 23.2 Å². The van der Waals surface area contributed by atoms with Crippen LogP contribution in [0.4, 0.5) is 11.4 Å². The largest absolute Gasteiger partial charge is 0.452 e. The fraction of sp³-hybridized carbons (Fsp3) is 0.619. The van der Waals surface area contributed by atoms with Gasteiger partial charge in [-0.15, -0.1) is 0 Å². The zero-order valence-corrected chi connectivity index (χ0v) is 17.9. The van der Waals surface area contributed by atoms with Crippen LogP contribution in [0, 0.1) is 16.0 Å². The third-order valence-electron chi connectivity index (χ3n) is 4.92. The molecule has 0 bridgehead atoms. The molecule has 0 aliphatic carbocycles. The molecule has 0 aromatic heterocycles. The van der Waals surface area contributed by atoms with Crippen molar-refractivity contribution in [2.24, 2.45) is 5.92 Å². The summed E-state index contributed by atoms with van der Waals surface area (Å²) in [5.41, 5.74) is 0.305. The quantitative estimate of drug-likeness (QED) is 0.351. The number of morpholine rings is 1. The average molecular weight is 421 g/mol. The molecule has 9 heteroatoms. The lowest BCUT2D eigenvalue weighted by molar-refractivity contribution is -0.384. The van der Waals surface area contributed by atoms with E-state index in [4.69, 9.17) is 9.47 Å². The maximum atomic E-state index is 12.3. The monoisotopic (exact) mass is 421 g/mol. The minimum absolute atomic E-state index is 0.0103. The Hall–Kier alpha value is -2.68. The smallest absolute Gasteiger partial charge is 0.338 e. The second-order valence-corrected chi connectivity index (χ2v) is 7.93. The molecule has 1 aliphatic heterocycles. The van der Waals surface area contributed by atoms with Crippen molar-refractivity contribution in [2.75, 3.05) is 37.8 Å². The van der Waals surface area contributed by atoms with Crippen molar-refractivity contribution in [3.8, 4) is 0 Å². The number of amides is 1. The number of anilines is 1. The van der Waals surface area contributed by atoms with Crippen LogP contribution in [-0.2, 0) is 14.3 Å². The highest BCUT2D eigenvalue weighted by Crippen LogP contribution is 2.30. The summed E-state index contributed by atoms with van der Waals surface area (Å²) in [4.78, 5) is 37.1. The van der Waals surface area contributed by atoms with Crippen molar-refractivity contribution in [3.05, 3.63) is 33.9 Å². The van der Waals surface area contributed by atoms with Crippen LogP contribution < -0.4 is 10.2 Å². The molecule has 0 spiro atoms. The minimum Gasteiger partial charge on any atom is -0.452 e. The number of benzene rings is 1. The number of nitro benzene ring substituents is 1. The molecule has 0 unspecified atom stereocenters. The van der Waals surface area contributed by atoms with Gasteiger partial charge in [0.05, 0.1) is 23.7 Å². The maximum absolute atomic E-state index is 12.3. The molecule has 2 rings (SSSR count). The second kappa shape index (κ2) is 11.5. The maximum Gasteiger partial charge on any atom is 0.338 e. The minimum atomic E-state index is -0.769. The van der Waals surface area contributed by atoms with Crippen LogP contribution in [0.15, 0.2) is 18.2 Å². The van der Waals surface area contributed by atoms with Crippen molar-refractivity contribution in [1.82, 2.24) is 5.32 Å². The molecule has 0 saturated carbocycles. The lowest BCUT2D eigenvalue weighted by atomic mass is 10.0. The zero-order valence-electron chi connectivity index (χ0n) is 17.9. The molecule has 1 aromatic rings. The van der Waals surface area contributed by atoms with Crippen molar-refractivity contribution in [1.29, 1.82) is 0 Å². The zero-order chi connectivity index (χ0) is 22.1. The van der Waals surface area contributed by atoms with E-state index in [1.807, 2.05) is 11.8 Å². The van der Waals surface area contributed by atoms with Gasteiger partial charge in [0.1, 0.15) is 5.69 Å². The van der Waals surface area contributed by atoms with Gasteiger partial charge in [-0.05, 0) is 31.4 Å². The van der Waals surface area contributed by atoms with Gasteiger partial charge in [0.15, 0.2) is 6.61 Å². The van der Waals surface area contributed by atoms with Crippen LogP contribution >= 0.6 is 0 Å². The normalized spacial score (nSPS) is 15.0. The Kier molecular flexibility index (Phi) is 9.04. The number of esters is 1. The van der Waals surface area contributed by atoms with Gasteiger partial charge in [-0.25, -0.2) is 4.79 Å². The first-order valence-corrected chi connectivity index (χ1v) is 10.4. The molecule has 1 saturated heterocycles. The predicted molar refractivity (Wildman–Crippen MR) is 113 cm³/mol. The lowest BCUT2D eigenvalue weighted by Gasteiger charge is -2.28. The van der Waals surface area contributed by atoms with Gasteiger partial charge >= 0.3 is 5.97 Å². The molecule has 1 atom stereocenters. The highest BCUT2D eigenvalue weighted by Gasteiger charge is 2.24. The van der Waals surface area contributed by atoms with E-state index in [0.29, 0.717) is 37.9 Å². The molecule has 1 aromatic carbocycles. The van der Waals surface area contributed by atoms with Crippen molar-refractivity contribution >= 4 is 23.3 Å². The summed E-state index contributed by atoms with van der Waals surface area (Å²) < 4.78 is 10.3. The van der Waals surface area contributed by atoms with E-state index in [1.165, 1.54) is 18.2 Å². The van der Waals surface area contributed by atoms with Gasteiger partial charge in [0.2, 0.25) is 0 Å². The Morgan fingerprint density at radius 1 is 1.23 bits per heavy atom. The Morgan fingerprint density at radius 3 is 2.57 bits per heavy atom. The summed E-state index contributed by atoms with van der Waals surface area (Å²) in [7, 11) is 0. The number of hydrogen-bond acceptors (Lipinski definition) is 7. The topological polar surface area (TPSA) is 111 Å². The second-order valence-electron chi connectivity index (χ2n) is 7.93. The molecular weight excluding hydrogens is 390 g/mol. The fourth-order valence-electron chi connectivity index (χ4n) is 3.30. The fourth-order valence-corrected chi connectivity index (χ4v) is 3.30. The number of rotatable bonds is 10. The van der Waals surface area contributed by atoms with Gasteiger partial charge in [-0.1, -0.05) is 26.7 Å². The molecule has 1 heterocycles. The summed E-state index contributed by atoms with van der Waals surface area (Å²) in [6, 6.07) is 4.20. The van der Waals surface area contributed by atoms with E-state index in [1.54, 1.807) is 0 Å². The molecule has 1 N–H and O–H groups in total. The number of carbonyl (C=O) groups is 2. The third-order valence-corrected chi connectivity index (χ3v) is 4.92. The Balaban J connectivity index is 1.91. The SMILES string of the molecule is CC(C)CCC[C@@H](C)NC(=O)COC(=O)c1ccc(N2CCOCC2)c([N+](=O)[O-])c1. The summed E-state index contributed by atoms with van der Waals surface area (Å²) in [5, 5.41) is 14.3. The van der Waals surface area contributed by atoms with Crippen LogP contribution in [0.2, 0.25) is 0 Å². The molecule has 1 aliphatic rings. The molecule has 1 amide bonds. The van der Waals surface area contributed by atoms with Crippen LogP contribution in [0.1, 0.15) is 50.4 Å². The molecule has 0 radical (unpaired) electrons. The van der Waals surface area contributed by atoms with Crippen LogP contribution in [0.3, 0.4) is 0 Å². The molecular formula is C21H31N3O6. The van der Waals surface area contributed by atoms with Crippen molar-refractivity contribution in [2.45, 2.75) is 46.1 Å². The van der Waals surface area contributed by atoms with E-state index in [9.17, 15) is 19.7 Å². The van der Waals surface area contributed by atoms with Gasteiger partial charge in [-0.3, -0.25) is 14.9 Å². The number of nitrogens with zero attached hydrogens (tertiary/aromatic N) is 2. The first-order chi connectivity index (χ1) is 14.3. The number of nitro groups is 1. The summed E-state index contributed by atoms with van der Waals surface area (Å²) >= 11 is 0. The van der Waals surface area contributed by atoms with Crippen LogP contribution in [-0.4, -0.2) is 55.8 Å². The van der Waals surface area contributed by atoms with Crippen molar-refractivity contribution in [3.63, 3.8) is 0 Å². The first kappa shape index (κ1) is 23.6. The highest BCUT2D eigenvalue weighted by atomic mass is 16.6. The van der Waals surface area contributed by atoms with Gasteiger partial charge in [-0.2, -0.15) is 0 Å². The number of carbonyl (C=O) groups excluding carboxylic acids is 2. The van der Waals surface area contributed by atoms with Crippen LogP contribution in [0.25, 0.3) is 0 Å². The summed E-state index contributed by atoms with van der Waals surface area (Å²) in [6.45, 7) is 7.86. The first-order valence-electron chi connectivity index (χ1n) is 10.4. The molecule has 166 valence electrons. The highest BCUT2D eigenvalue weighted by molar-refractivity contribution is 5.93. The standard InChI is InChI=1S/C21H31N3O6/c1-15(2)5-4-6-16(3)22-20(25)14-30-21(26)17-7-8-18(19(13-17)24(27)28)23-9-11-29-12-10-23/h7-8,13,15-16H,4-6,9-12,14H2,1-3H3,(H,22,25)/t16-/m1/s1. The van der Waals surface area contributed by atoms with Crippen LogP contribution in [0.5, 0.6) is 0 Å². The Morgan fingerprint density at radius 2 is 1.93 bits per heavy atom. The Labute approximate surface area is 176 Å². The van der Waals surface area contributed by atoms with E-state index in [0.717, 1.165) is 19.3 Å². The Bertz CT molecular complexity index is 746. The number of ether oxygens (including phenoxy) is 2.